The molecule has 0 aliphatic rings. The molecule has 0 aliphatic carbocycles. The van der Waals surface area contributed by atoms with Crippen molar-refractivity contribution in [3.8, 4) is 11.4 Å². The summed E-state index contributed by atoms with van der Waals surface area (Å²) in [6.07, 6.45) is 6.40. The van der Waals surface area contributed by atoms with Crippen LogP contribution in [0.4, 0.5) is 0 Å². The van der Waals surface area contributed by atoms with Crippen LogP contribution in [0.1, 0.15) is 18.2 Å². The van der Waals surface area contributed by atoms with E-state index in [-0.39, 0.29) is 0 Å². The molecule has 0 radical (unpaired) electrons. The van der Waals surface area contributed by atoms with E-state index in [1.54, 1.807) is 0 Å². The van der Waals surface area contributed by atoms with E-state index in [1.807, 2.05) is 6.08 Å². The largest absolute Gasteiger partial charge is 0.309 e. The molecule has 2 nitrogen and oxygen atoms in total. The van der Waals surface area contributed by atoms with Gasteiger partial charge in [0, 0.05) is 43.9 Å². The van der Waals surface area contributed by atoms with Crippen LogP contribution < -0.4 is 0 Å². The molecular weight excluding hydrogens is 689 g/mol. The van der Waals surface area contributed by atoms with Crippen LogP contribution in [0.2, 0.25) is 0 Å². The Labute approximate surface area is 329 Å². The summed E-state index contributed by atoms with van der Waals surface area (Å²) in [6, 6.07) is 62.7. The van der Waals surface area contributed by atoms with Crippen LogP contribution in [-0.2, 0) is 0 Å². The maximum Gasteiger partial charge on any atom is 0.0547 e. The van der Waals surface area contributed by atoms with Gasteiger partial charge in [0.15, 0.2) is 0 Å². The molecule has 0 saturated heterocycles. The third kappa shape index (κ3) is 4.30. The molecule has 0 atom stereocenters. The number of rotatable bonds is 4. The Morgan fingerprint density at radius 2 is 0.807 bits per heavy atom. The van der Waals surface area contributed by atoms with Crippen LogP contribution in [0.15, 0.2) is 183 Å². The van der Waals surface area contributed by atoms with Gasteiger partial charge in [-0.2, -0.15) is 0 Å². The lowest BCUT2D eigenvalue weighted by Gasteiger charge is -2.17. The standard InChI is InChI=1S/C55H36N2/c1-3-17-48-36(4-2)54-50(56(48)34-18-7-5-8-19-34)30-28-41-46-32-45-38-23-12-14-25-40(38)53-42(47(45)33-44(46)37-22-11-13-24-39(37)52(41)54)29-31-51-55(53)43-26-15-16-27-49(43)57(51)35-20-9-6-10-21-35/h3-33H,2H2,1H3/b17-3-. The van der Waals surface area contributed by atoms with Gasteiger partial charge in [-0.15, -0.1) is 0 Å². The SMILES string of the molecule is C=Cc1c(/C=C\C)n(-c2ccccc2)c2ccc3c4cc5c6ccccc6c6c(ccc7c6c6ccccc6n7-c6ccccc6)c5cc4c4ccccc4c3c12. The van der Waals surface area contributed by atoms with Crippen LogP contribution in [-0.4, -0.2) is 9.13 Å². The predicted molar refractivity (Wildman–Crippen MR) is 247 cm³/mol. The highest BCUT2D eigenvalue weighted by Crippen LogP contribution is 2.48. The number of hydrogen-bond acceptors (Lipinski definition) is 0. The molecule has 0 fully saturated rings. The van der Waals surface area contributed by atoms with Crippen molar-refractivity contribution >= 4 is 109 Å². The van der Waals surface area contributed by atoms with Gasteiger partial charge in [0.25, 0.3) is 0 Å². The highest BCUT2D eigenvalue weighted by Gasteiger charge is 2.23. The Hall–Kier alpha value is -7.42. The fourth-order valence-electron chi connectivity index (χ4n) is 10.1. The first kappa shape index (κ1) is 31.9. The summed E-state index contributed by atoms with van der Waals surface area (Å²) in [5.41, 5.74) is 8.21. The number of nitrogens with zero attached hydrogens (tertiary/aromatic N) is 2. The molecule has 0 saturated carbocycles. The van der Waals surface area contributed by atoms with E-state index >= 15 is 0 Å². The Bertz CT molecular complexity index is 3690. The van der Waals surface area contributed by atoms with Crippen molar-refractivity contribution in [3.05, 3.63) is 194 Å². The molecule has 0 N–H and O–H groups in total. The highest BCUT2D eigenvalue weighted by molar-refractivity contribution is 6.39. The van der Waals surface area contributed by atoms with Gasteiger partial charge in [-0.25, -0.2) is 0 Å². The van der Waals surface area contributed by atoms with Crippen molar-refractivity contribution in [2.24, 2.45) is 0 Å². The average Bonchev–Trinajstić information content (AvgIpc) is 3.79. The third-order valence-corrected chi connectivity index (χ3v) is 12.3. The lowest BCUT2D eigenvalue weighted by atomic mass is 9.86. The second-order valence-corrected chi connectivity index (χ2v) is 15.2. The first-order valence-electron chi connectivity index (χ1n) is 19.8. The lowest BCUT2D eigenvalue weighted by molar-refractivity contribution is 1.10. The van der Waals surface area contributed by atoms with Crippen molar-refractivity contribution in [1.29, 1.82) is 0 Å². The summed E-state index contributed by atoms with van der Waals surface area (Å²) < 4.78 is 4.81. The van der Waals surface area contributed by atoms with Gasteiger partial charge in [0.05, 0.1) is 22.2 Å². The van der Waals surface area contributed by atoms with Crippen molar-refractivity contribution in [1.82, 2.24) is 9.13 Å². The van der Waals surface area contributed by atoms with Crippen LogP contribution in [0.5, 0.6) is 0 Å². The molecule has 2 heterocycles. The Morgan fingerprint density at radius 3 is 1.37 bits per heavy atom. The van der Waals surface area contributed by atoms with Crippen LogP contribution in [0.3, 0.4) is 0 Å². The minimum atomic E-state index is 1.14. The first-order valence-corrected chi connectivity index (χ1v) is 19.8. The van der Waals surface area contributed by atoms with E-state index in [0.29, 0.717) is 0 Å². The summed E-state index contributed by atoms with van der Waals surface area (Å²) in [7, 11) is 0. The number of hydrogen-bond donors (Lipinski definition) is 0. The average molecular weight is 725 g/mol. The lowest BCUT2D eigenvalue weighted by Crippen LogP contribution is -1.96. The van der Waals surface area contributed by atoms with Gasteiger partial charge in [-0.05, 0) is 121 Å². The Morgan fingerprint density at radius 1 is 0.368 bits per heavy atom. The van der Waals surface area contributed by atoms with Crippen LogP contribution >= 0.6 is 0 Å². The summed E-state index contributed by atoms with van der Waals surface area (Å²) in [5, 5.41) is 19.0. The second-order valence-electron chi connectivity index (χ2n) is 15.2. The molecule has 0 spiro atoms. The molecule has 0 bridgehead atoms. The summed E-state index contributed by atoms with van der Waals surface area (Å²) in [4.78, 5) is 0. The van der Waals surface area contributed by atoms with E-state index in [9.17, 15) is 0 Å². The minimum absolute atomic E-state index is 1.14. The monoisotopic (exact) mass is 724 g/mol. The van der Waals surface area contributed by atoms with Crippen molar-refractivity contribution in [3.63, 3.8) is 0 Å². The highest BCUT2D eigenvalue weighted by atomic mass is 15.0. The maximum absolute atomic E-state index is 4.39. The zero-order chi connectivity index (χ0) is 37.8. The molecule has 10 aromatic carbocycles. The van der Waals surface area contributed by atoms with Crippen LogP contribution in [0.25, 0.3) is 121 Å². The number of benzene rings is 10. The van der Waals surface area contributed by atoms with Crippen LogP contribution in [0, 0.1) is 0 Å². The van der Waals surface area contributed by atoms with Gasteiger partial charge >= 0.3 is 0 Å². The van der Waals surface area contributed by atoms with Crippen molar-refractivity contribution < 1.29 is 0 Å². The molecular formula is C55H36N2. The predicted octanol–water partition coefficient (Wildman–Crippen LogP) is 15.3. The zero-order valence-electron chi connectivity index (χ0n) is 31.5. The topological polar surface area (TPSA) is 9.86 Å². The zero-order valence-corrected chi connectivity index (χ0v) is 31.5. The van der Waals surface area contributed by atoms with Gasteiger partial charge in [0.2, 0.25) is 0 Å². The second kappa shape index (κ2) is 12.0. The molecule has 57 heavy (non-hydrogen) atoms. The smallest absolute Gasteiger partial charge is 0.0547 e. The third-order valence-electron chi connectivity index (χ3n) is 12.3. The number of para-hydroxylation sites is 3. The Balaban J connectivity index is 1.27. The van der Waals surface area contributed by atoms with Gasteiger partial charge in [-0.1, -0.05) is 134 Å². The van der Waals surface area contributed by atoms with E-state index in [0.717, 1.165) is 16.9 Å². The fraction of sp³-hybridized carbons (Fsp3) is 0.0182. The van der Waals surface area contributed by atoms with Gasteiger partial charge in [-0.3, -0.25) is 0 Å². The summed E-state index contributed by atoms with van der Waals surface area (Å²) in [6.45, 7) is 6.48. The summed E-state index contributed by atoms with van der Waals surface area (Å²) in [5.74, 6) is 0. The van der Waals surface area contributed by atoms with E-state index in [4.69, 9.17) is 0 Å². The number of aromatic nitrogens is 2. The molecule has 0 aliphatic heterocycles. The van der Waals surface area contributed by atoms with Crippen molar-refractivity contribution in [2.45, 2.75) is 6.92 Å². The Kier molecular flexibility index (Phi) is 6.73. The quantitative estimate of drug-likeness (QED) is 0.126. The molecule has 12 rings (SSSR count). The molecule has 2 heteroatoms. The molecule has 0 amide bonds. The maximum atomic E-state index is 4.39. The van der Waals surface area contributed by atoms with Crippen molar-refractivity contribution in [2.75, 3.05) is 0 Å². The van der Waals surface area contributed by atoms with E-state index in [2.05, 4.69) is 205 Å². The molecule has 0 unspecified atom stereocenters. The van der Waals surface area contributed by atoms with E-state index < -0.39 is 0 Å². The molecule has 12 aromatic rings. The normalized spacial score (nSPS) is 12.3. The van der Waals surface area contributed by atoms with Gasteiger partial charge in [0.1, 0.15) is 0 Å². The van der Waals surface area contributed by atoms with E-state index in [1.165, 1.54) is 103 Å². The minimum Gasteiger partial charge on any atom is -0.309 e. The fourth-order valence-corrected chi connectivity index (χ4v) is 10.1. The molecule has 2 aromatic heterocycles. The summed E-state index contributed by atoms with van der Waals surface area (Å²) >= 11 is 0. The molecule has 266 valence electrons. The first-order chi connectivity index (χ1) is 28.2. The van der Waals surface area contributed by atoms with Gasteiger partial charge < -0.3 is 9.13 Å². The number of fused-ring (bicyclic) bond motifs is 18. The number of allylic oxidation sites excluding steroid dienone is 1.